The number of aliphatic imine (C=N–C) groups is 2. The SMILES string of the molecule is CC(O)=C(C(=O)OC(C)C)C1=NC(=NC(=O)c2ccc(F)cc2)c2ccccc21. The van der Waals surface area contributed by atoms with E-state index in [9.17, 15) is 19.1 Å². The number of amides is 1. The number of esters is 1. The summed E-state index contributed by atoms with van der Waals surface area (Å²) >= 11 is 0. The number of benzene rings is 2. The minimum Gasteiger partial charge on any atom is -0.512 e. The number of allylic oxidation sites excluding steroid dienone is 1. The minimum atomic E-state index is -0.723. The zero-order chi connectivity index (χ0) is 21.1. The molecule has 2 aromatic carbocycles. The molecule has 0 spiro atoms. The van der Waals surface area contributed by atoms with Crippen molar-refractivity contribution in [3.8, 4) is 0 Å². The largest absolute Gasteiger partial charge is 0.512 e. The van der Waals surface area contributed by atoms with E-state index < -0.39 is 17.7 Å². The van der Waals surface area contributed by atoms with Gasteiger partial charge in [-0.25, -0.2) is 14.2 Å². The zero-order valence-electron chi connectivity index (χ0n) is 16.1. The maximum Gasteiger partial charge on any atom is 0.344 e. The van der Waals surface area contributed by atoms with E-state index in [4.69, 9.17) is 4.74 Å². The molecular weight excluding hydrogens is 375 g/mol. The van der Waals surface area contributed by atoms with Crippen LogP contribution in [0.2, 0.25) is 0 Å². The normalized spacial score (nSPS) is 15.1. The first kappa shape index (κ1) is 20.1. The van der Waals surface area contributed by atoms with Gasteiger partial charge in [0.05, 0.1) is 11.8 Å². The molecule has 0 aromatic heterocycles. The second kappa shape index (κ2) is 8.18. The zero-order valence-corrected chi connectivity index (χ0v) is 16.1. The van der Waals surface area contributed by atoms with Gasteiger partial charge in [-0.05, 0) is 45.0 Å². The van der Waals surface area contributed by atoms with Crippen molar-refractivity contribution >= 4 is 23.4 Å². The summed E-state index contributed by atoms with van der Waals surface area (Å²) in [7, 11) is 0. The third kappa shape index (κ3) is 4.29. The Morgan fingerprint density at radius 3 is 2.28 bits per heavy atom. The van der Waals surface area contributed by atoms with Gasteiger partial charge in [0, 0.05) is 16.7 Å². The van der Waals surface area contributed by atoms with Gasteiger partial charge >= 0.3 is 5.97 Å². The van der Waals surface area contributed by atoms with Gasteiger partial charge in [-0.3, -0.25) is 4.79 Å². The van der Waals surface area contributed by atoms with Gasteiger partial charge in [0.1, 0.15) is 17.1 Å². The summed E-state index contributed by atoms with van der Waals surface area (Å²) in [5.41, 5.74) is 1.37. The quantitative estimate of drug-likeness (QED) is 0.482. The Kier molecular flexibility index (Phi) is 5.68. The number of rotatable bonds is 4. The highest BCUT2D eigenvalue weighted by Crippen LogP contribution is 2.26. The van der Waals surface area contributed by atoms with E-state index in [0.29, 0.717) is 11.1 Å². The first-order chi connectivity index (χ1) is 13.8. The van der Waals surface area contributed by atoms with Crippen LogP contribution in [0.3, 0.4) is 0 Å². The monoisotopic (exact) mass is 394 g/mol. The Balaban J connectivity index is 2.07. The average Bonchev–Trinajstić information content (AvgIpc) is 3.00. The van der Waals surface area contributed by atoms with E-state index >= 15 is 0 Å². The Labute approximate surface area is 167 Å². The number of carbonyl (C=O) groups excluding carboxylic acids is 2. The van der Waals surface area contributed by atoms with Crippen molar-refractivity contribution in [2.75, 3.05) is 0 Å². The summed E-state index contributed by atoms with van der Waals surface area (Å²) in [6.45, 7) is 4.75. The van der Waals surface area contributed by atoms with Crippen molar-refractivity contribution in [1.82, 2.24) is 0 Å². The lowest BCUT2D eigenvalue weighted by Gasteiger charge is -2.12. The van der Waals surface area contributed by atoms with Crippen molar-refractivity contribution in [3.05, 3.63) is 82.4 Å². The van der Waals surface area contributed by atoms with Crippen LogP contribution < -0.4 is 0 Å². The number of hydrogen-bond acceptors (Lipinski definition) is 4. The first-order valence-corrected chi connectivity index (χ1v) is 8.96. The lowest BCUT2D eigenvalue weighted by Crippen LogP contribution is -2.21. The van der Waals surface area contributed by atoms with Crippen LogP contribution in [0, 0.1) is 5.82 Å². The lowest BCUT2D eigenvalue weighted by molar-refractivity contribution is -0.142. The fourth-order valence-electron chi connectivity index (χ4n) is 2.83. The molecule has 0 atom stereocenters. The fourth-order valence-corrected chi connectivity index (χ4v) is 2.83. The number of hydrogen-bond donors (Lipinski definition) is 1. The first-order valence-electron chi connectivity index (χ1n) is 8.96. The van der Waals surface area contributed by atoms with Gasteiger partial charge in [-0.1, -0.05) is 24.3 Å². The Bertz CT molecular complexity index is 1060. The molecule has 2 aromatic rings. The van der Waals surface area contributed by atoms with Crippen LogP contribution >= 0.6 is 0 Å². The standard InChI is InChI=1S/C22H19FN2O4/c1-12(2)29-22(28)18(13(3)26)19-16-6-4-5-7-17(16)20(24-19)25-21(27)14-8-10-15(23)11-9-14/h4-12,26H,1-3H3. The minimum absolute atomic E-state index is 0.0921. The van der Waals surface area contributed by atoms with Crippen LogP contribution in [0.4, 0.5) is 4.39 Å². The highest BCUT2D eigenvalue weighted by atomic mass is 19.1. The van der Waals surface area contributed by atoms with E-state index in [1.165, 1.54) is 31.2 Å². The predicted octanol–water partition coefficient (Wildman–Crippen LogP) is 4.00. The van der Waals surface area contributed by atoms with Gasteiger partial charge in [0.15, 0.2) is 5.84 Å². The third-order valence-corrected chi connectivity index (χ3v) is 4.08. The Morgan fingerprint density at radius 2 is 1.69 bits per heavy atom. The van der Waals surface area contributed by atoms with Crippen LogP contribution in [0.1, 0.15) is 42.3 Å². The summed E-state index contributed by atoms with van der Waals surface area (Å²) in [6.07, 6.45) is -0.387. The molecule has 29 heavy (non-hydrogen) atoms. The molecule has 1 heterocycles. The van der Waals surface area contributed by atoms with Gasteiger partial charge in [0.2, 0.25) is 0 Å². The molecule has 0 unspecified atom stereocenters. The highest BCUT2D eigenvalue weighted by molar-refractivity contribution is 6.36. The number of aliphatic hydroxyl groups excluding tert-OH is 1. The smallest absolute Gasteiger partial charge is 0.344 e. The van der Waals surface area contributed by atoms with Gasteiger partial charge < -0.3 is 9.84 Å². The molecule has 0 radical (unpaired) electrons. The fraction of sp³-hybridized carbons (Fsp3) is 0.182. The lowest BCUT2D eigenvalue weighted by atomic mass is 9.99. The molecule has 0 fully saturated rings. The predicted molar refractivity (Wildman–Crippen MR) is 107 cm³/mol. The van der Waals surface area contributed by atoms with Crippen LogP contribution in [0.25, 0.3) is 0 Å². The van der Waals surface area contributed by atoms with E-state index in [2.05, 4.69) is 9.98 Å². The van der Waals surface area contributed by atoms with Gasteiger partial charge in [-0.15, -0.1) is 0 Å². The molecule has 6 nitrogen and oxygen atoms in total. The molecule has 0 bridgehead atoms. The van der Waals surface area contributed by atoms with E-state index in [1.807, 2.05) is 0 Å². The number of ether oxygens (including phenoxy) is 1. The van der Waals surface area contributed by atoms with Gasteiger partial charge in [-0.2, -0.15) is 4.99 Å². The van der Waals surface area contributed by atoms with E-state index in [0.717, 1.165) is 0 Å². The van der Waals surface area contributed by atoms with Crippen molar-refractivity contribution in [2.24, 2.45) is 9.98 Å². The van der Waals surface area contributed by atoms with Crippen molar-refractivity contribution in [3.63, 3.8) is 0 Å². The molecule has 7 heteroatoms. The summed E-state index contributed by atoms with van der Waals surface area (Å²) in [4.78, 5) is 33.4. The maximum absolute atomic E-state index is 13.1. The second-order valence-corrected chi connectivity index (χ2v) is 6.67. The van der Waals surface area contributed by atoms with E-state index in [-0.39, 0.29) is 34.5 Å². The number of halogens is 1. The number of fused-ring (bicyclic) bond motifs is 1. The molecular formula is C22H19FN2O4. The Morgan fingerprint density at radius 1 is 1.07 bits per heavy atom. The molecule has 1 N–H and O–H groups in total. The van der Waals surface area contributed by atoms with Crippen LogP contribution in [-0.2, 0) is 9.53 Å². The maximum atomic E-state index is 13.1. The van der Waals surface area contributed by atoms with Gasteiger partial charge in [0.25, 0.3) is 5.91 Å². The second-order valence-electron chi connectivity index (χ2n) is 6.67. The highest BCUT2D eigenvalue weighted by Gasteiger charge is 2.31. The number of amidine groups is 1. The molecule has 0 saturated heterocycles. The summed E-state index contributed by atoms with van der Waals surface area (Å²) in [5, 5.41) is 10.1. The van der Waals surface area contributed by atoms with Crippen LogP contribution in [0.5, 0.6) is 0 Å². The summed E-state index contributed by atoms with van der Waals surface area (Å²) in [6, 6.07) is 11.9. The topological polar surface area (TPSA) is 88.3 Å². The molecule has 3 rings (SSSR count). The van der Waals surface area contributed by atoms with Crippen molar-refractivity contribution < 1.29 is 23.8 Å². The summed E-state index contributed by atoms with van der Waals surface area (Å²) in [5.74, 6) is -1.94. The summed E-state index contributed by atoms with van der Waals surface area (Å²) < 4.78 is 18.3. The molecule has 1 aliphatic heterocycles. The Hall–Kier alpha value is -3.61. The number of carbonyl (C=O) groups is 2. The third-order valence-electron chi connectivity index (χ3n) is 4.08. The van der Waals surface area contributed by atoms with Crippen LogP contribution in [-0.4, -0.2) is 34.6 Å². The average molecular weight is 394 g/mol. The number of aliphatic hydroxyl groups is 1. The molecule has 0 aliphatic carbocycles. The molecule has 0 saturated carbocycles. The van der Waals surface area contributed by atoms with E-state index in [1.54, 1.807) is 38.1 Å². The van der Waals surface area contributed by atoms with Crippen molar-refractivity contribution in [1.29, 1.82) is 0 Å². The van der Waals surface area contributed by atoms with Crippen LogP contribution in [0.15, 0.2) is 69.8 Å². The molecule has 1 aliphatic rings. The molecule has 1 amide bonds. The number of nitrogens with zero attached hydrogens (tertiary/aromatic N) is 2. The van der Waals surface area contributed by atoms with Crippen molar-refractivity contribution in [2.45, 2.75) is 26.9 Å². The molecule has 148 valence electrons.